The number of hydrogen-bond donors (Lipinski definition) is 1. The Morgan fingerprint density at radius 2 is 2.11 bits per heavy atom. The minimum absolute atomic E-state index is 0.0443. The maximum atomic E-state index is 13.5. The van der Waals surface area contributed by atoms with Gasteiger partial charge in [0, 0.05) is 5.41 Å². The molecule has 0 radical (unpaired) electrons. The number of piperidine rings is 3. The summed E-state index contributed by atoms with van der Waals surface area (Å²) in [5.74, 6) is -0.214. The van der Waals surface area contributed by atoms with Gasteiger partial charge in [-0.15, -0.1) is 11.3 Å². The van der Waals surface area contributed by atoms with E-state index in [4.69, 9.17) is 10.00 Å². The number of carbonyl (C=O) groups excluding carboxylic acids is 1. The Hall–Kier alpha value is -2.50. The summed E-state index contributed by atoms with van der Waals surface area (Å²) in [5.41, 5.74) is 2.28. The highest BCUT2D eigenvalue weighted by molar-refractivity contribution is 7.13. The molecule has 2 bridgehead atoms. The number of carbonyl (C=O) groups is 1. The summed E-state index contributed by atoms with van der Waals surface area (Å²) in [4.78, 5) is 19.6. The smallest absolute Gasteiger partial charge is 0.412 e. The van der Waals surface area contributed by atoms with E-state index in [2.05, 4.69) is 15.2 Å². The molecule has 3 aliphatic rings. The number of ether oxygens (including phenoxy) is 1. The molecule has 1 aromatic heterocycles. The van der Waals surface area contributed by atoms with Gasteiger partial charge in [-0.25, -0.2) is 14.2 Å². The summed E-state index contributed by atoms with van der Waals surface area (Å²) in [6.07, 6.45) is 2.66. The third kappa shape index (κ3) is 3.66. The van der Waals surface area contributed by atoms with Crippen LogP contribution < -0.4 is 5.32 Å². The first-order chi connectivity index (χ1) is 13.1. The second kappa shape index (κ2) is 7.25. The van der Waals surface area contributed by atoms with Crippen LogP contribution in [-0.4, -0.2) is 42.2 Å². The van der Waals surface area contributed by atoms with Crippen LogP contribution in [0.3, 0.4) is 0 Å². The molecule has 140 valence electrons. The number of nitrogens with zero attached hydrogens (tertiary/aromatic N) is 3. The lowest BCUT2D eigenvalue weighted by Gasteiger charge is -2.47. The first-order valence-corrected chi connectivity index (χ1v) is 9.76. The first kappa shape index (κ1) is 17.9. The van der Waals surface area contributed by atoms with Crippen LogP contribution in [-0.2, 0) is 4.74 Å². The van der Waals surface area contributed by atoms with Gasteiger partial charge in [0.15, 0.2) is 5.82 Å². The number of nitriles is 1. The molecule has 4 heterocycles. The van der Waals surface area contributed by atoms with Crippen molar-refractivity contribution in [2.45, 2.75) is 19.3 Å². The molecule has 8 heteroatoms. The van der Waals surface area contributed by atoms with Gasteiger partial charge < -0.3 is 9.64 Å². The largest absolute Gasteiger partial charge is 0.449 e. The molecule has 5 rings (SSSR count). The molecule has 0 unspecified atom stereocenters. The van der Waals surface area contributed by atoms with Crippen LogP contribution in [0.4, 0.5) is 15.0 Å². The van der Waals surface area contributed by atoms with Crippen LogP contribution in [0.1, 0.15) is 24.8 Å². The summed E-state index contributed by atoms with van der Waals surface area (Å²) in [6.45, 7) is 3.65. The maximum absolute atomic E-state index is 13.5. The number of nitrogens with one attached hydrogen (secondary N) is 1. The maximum Gasteiger partial charge on any atom is 0.412 e. The van der Waals surface area contributed by atoms with E-state index in [0.717, 1.165) is 38.9 Å². The van der Waals surface area contributed by atoms with Crippen molar-refractivity contribution in [3.63, 3.8) is 0 Å². The molecule has 3 fully saturated rings. The molecule has 0 saturated carbocycles. The van der Waals surface area contributed by atoms with Crippen molar-refractivity contribution < 1.29 is 13.9 Å². The Morgan fingerprint density at radius 3 is 2.81 bits per heavy atom. The van der Waals surface area contributed by atoms with Crippen molar-refractivity contribution in [1.29, 1.82) is 5.26 Å². The molecule has 3 saturated heterocycles. The Morgan fingerprint density at radius 1 is 1.37 bits per heavy atom. The fourth-order valence-electron chi connectivity index (χ4n) is 3.76. The molecule has 3 aliphatic heterocycles. The Bertz CT molecular complexity index is 886. The lowest BCUT2D eigenvalue weighted by molar-refractivity contribution is -0.0190. The molecule has 1 N–H and O–H groups in total. The van der Waals surface area contributed by atoms with Gasteiger partial charge in [-0.05, 0) is 56.6 Å². The number of hydrogen-bond acceptors (Lipinski definition) is 6. The molecular formula is C19H19FN4O2S. The van der Waals surface area contributed by atoms with Crippen LogP contribution in [0.25, 0.3) is 10.4 Å². The fourth-order valence-corrected chi connectivity index (χ4v) is 4.50. The van der Waals surface area contributed by atoms with Gasteiger partial charge in [-0.1, -0.05) is 6.07 Å². The molecule has 2 aromatic rings. The molecule has 0 atom stereocenters. The second-order valence-corrected chi connectivity index (χ2v) is 7.98. The average Bonchev–Trinajstić information content (AvgIpc) is 3.16. The first-order valence-electron chi connectivity index (χ1n) is 8.88. The van der Waals surface area contributed by atoms with Crippen molar-refractivity contribution in [3.05, 3.63) is 35.1 Å². The predicted molar refractivity (Wildman–Crippen MR) is 99.9 cm³/mol. The standard InChI is InChI=1S/C19H19FN4O2S/c20-15-2-1-13(9-14(15)10-21)16-17(22-12-27-16)23-18(25)26-11-19-3-6-24(7-4-19)8-5-19/h1-2,9,12H,3-8,11H2,(H,23,25). The van der Waals surface area contributed by atoms with Gasteiger partial charge in [0.2, 0.25) is 0 Å². The predicted octanol–water partition coefficient (Wildman–Crippen LogP) is 3.86. The van der Waals surface area contributed by atoms with Crippen LogP contribution >= 0.6 is 11.3 Å². The molecular weight excluding hydrogens is 367 g/mol. The Balaban J connectivity index is 1.42. The number of halogens is 1. The van der Waals surface area contributed by atoms with Crippen LogP contribution in [0, 0.1) is 22.6 Å². The second-order valence-electron chi connectivity index (χ2n) is 7.13. The van der Waals surface area contributed by atoms with E-state index in [0.29, 0.717) is 22.9 Å². The van der Waals surface area contributed by atoms with Crippen molar-refractivity contribution in [3.8, 4) is 16.5 Å². The number of aromatic nitrogens is 1. The molecule has 1 amide bonds. The van der Waals surface area contributed by atoms with Gasteiger partial charge >= 0.3 is 6.09 Å². The summed E-state index contributed by atoms with van der Waals surface area (Å²) < 4.78 is 19.1. The zero-order valence-electron chi connectivity index (χ0n) is 14.7. The van der Waals surface area contributed by atoms with Crippen LogP contribution in [0.2, 0.25) is 0 Å². The highest BCUT2D eigenvalue weighted by Gasteiger charge is 2.40. The summed E-state index contributed by atoms with van der Waals surface area (Å²) >= 11 is 1.31. The molecule has 0 aliphatic carbocycles. The summed E-state index contributed by atoms with van der Waals surface area (Å²) in [7, 11) is 0. The van der Waals surface area contributed by atoms with E-state index in [1.807, 2.05) is 6.07 Å². The van der Waals surface area contributed by atoms with E-state index in [1.54, 1.807) is 11.6 Å². The van der Waals surface area contributed by atoms with Crippen molar-refractivity contribution in [1.82, 2.24) is 9.88 Å². The summed E-state index contributed by atoms with van der Waals surface area (Å²) in [5, 5.41) is 11.7. The van der Waals surface area contributed by atoms with E-state index in [-0.39, 0.29) is 11.0 Å². The Labute approximate surface area is 160 Å². The van der Waals surface area contributed by atoms with Crippen molar-refractivity contribution >= 4 is 23.2 Å². The molecule has 27 heavy (non-hydrogen) atoms. The molecule has 1 aromatic carbocycles. The lowest BCUT2D eigenvalue weighted by Crippen LogP contribution is -2.50. The van der Waals surface area contributed by atoms with E-state index < -0.39 is 11.9 Å². The van der Waals surface area contributed by atoms with Gasteiger partial charge in [-0.3, -0.25) is 5.32 Å². The number of rotatable bonds is 4. The minimum atomic E-state index is -0.572. The molecule has 0 spiro atoms. The highest BCUT2D eigenvalue weighted by Crippen LogP contribution is 2.40. The molecule has 6 nitrogen and oxygen atoms in total. The average molecular weight is 386 g/mol. The van der Waals surface area contributed by atoms with Crippen molar-refractivity contribution in [2.24, 2.45) is 5.41 Å². The third-order valence-corrected chi connectivity index (χ3v) is 6.40. The monoisotopic (exact) mass is 386 g/mol. The van der Waals surface area contributed by atoms with Gasteiger partial charge in [0.05, 0.1) is 22.6 Å². The topological polar surface area (TPSA) is 78.2 Å². The van der Waals surface area contributed by atoms with Crippen LogP contribution in [0.5, 0.6) is 0 Å². The van der Waals surface area contributed by atoms with E-state index in [1.165, 1.54) is 23.5 Å². The quantitative estimate of drug-likeness (QED) is 0.863. The minimum Gasteiger partial charge on any atom is -0.449 e. The number of thiazole rings is 1. The number of amides is 1. The zero-order valence-corrected chi connectivity index (χ0v) is 15.5. The number of benzene rings is 1. The number of anilines is 1. The van der Waals surface area contributed by atoms with Gasteiger partial charge in [0.25, 0.3) is 0 Å². The van der Waals surface area contributed by atoms with E-state index >= 15 is 0 Å². The van der Waals surface area contributed by atoms with Gasteiger partial charge in [-0.2, -0.15) is 5.26 Å². The van der Waals surface area contributed by atoms with E-state index in [9.17, 15) is 9.18 Å². The lowest BCUT2D eigenvalue weighted by atomic mass is 9.73. The highest BCUT2D eigenvalue weighted by atomic mass is 32.1. The van der Waals surface area contributed by atoms with Crippen LogP contribution in [0.15, 0.2) is 23.7 Å². The van der Waals surface area contributed by atoms with Crippen molar-refractivity contribution in [2.75, 3.05) is 31.6 Å². The Kier molecular flexibility index (Phi) is 4.81. The summed E-state index contributed by atoms with van der Waals surface area (Å²) in [6, 6.07) is 6.08. The third-order valence-electron chi connectivity index (χ3n) is 5.52. The normalized spacial score (nSPS) is 23.6. The SMILES string of the molecule is N#Cc1cc(-c2scnc2NC(=O)OCC23CCN(CC2)CC3)ccc1F. The fraction of sp³-hybridized carbons (Fsp3) is 0.421. The zero-order chi connectivity index (χ0) is 18.9. The van der Waals surface area contributed by atoms with Gasteiger partial charge in [0.1, 0.15) is 11.9 Å². The number of fused-ring (bicyclic) bond motifs is 3.